The van der Waals surface area contributed by atoms with E-state index in [-0.39, 0.29) is 19.3 Å². The van der Waals surface area contributed by atoms with Crippen LogP contribution in [0.15, 0.2) is 24.3 Å². The van der Waals surface area contributed by atoms with Gasteiger partial charge in [0, 0.05) is 26.2 Å². The molecular formula is C34H65NO5. The summed E-state index contributed by atoms with van der Waals surface area (Å²) in [5.74, 6) is -0.696. The lowest BCUT2D eigenvalue weighted by molar-refractivity contribution is -0.147. The Morgan fingerprint density at radius 1 is 0.650 bits per heavy atom. The van der Waals surface area contributed by atoms with Gasteiger partial charge >= 0.3 is 5.97 Å². The topological polar surface area (TPSA) is 79.2 Å². The minimum atomic E-state index is -0.696. The van der Waals surface area contributed by atoms with Gasteiger partial charge in [-0.3, -0.25) is 4.79 Å². The van der Waals surface area contributed by atoms with Crippen LogP contribution in [0.3, 0.4) is 0 Å². The standard InChI is InChI=1S/C34H65NO5/c1-3-5-7-9-17-23-31-39-34(40-32-24-18-10-8-6-4-2)26-20-14-12-16-22-28-35(29-30-36)27-21-15-11-13-19-25-33(37)38/h5-8,34,36H,3-4,9-32H2,1-2H3,(H,37,38)/b7-5-,8-6-. The Balaban J connectivity index is 4.06. The predicted octanol–water partition coefficient (Wildman–Crippen LogP) is 8.68. The molecule has 0 aliphatic carbocycles. The van der Waals surface area contributed by atoms with Gasteiger partial charge in [0.2, 0.25) is 0 Å². The summed E-state index contributed by atoms with van der Waals surface area (Å²) >= 11 is 0. The second-order valence-electron chi connectivity index (χ2n) is 11.0. The highest BCUT2D eigenvalue weighted by Crippen LogP contribution is 2.14. The van der Waals surface area contributed by atoms with Crippen molar-refractivity contribution in [3.05, 3.63) is 24.3 Å². The molecule has 0 rings (SSSR count). The molecule has 0 amide bonds. The van der Waals surface area contributed by atoms with E-state index in [1.807, 2.05) is 0 Å². The van der Waals surface area contributed by atoms with Gasteiger partial charge in [0.25, 0.3) is 0 Å². The zero-order valence-electron chi connectivity index (χ0n) is 26.3. The maximum atomic E-state index is 10.6. The highest BCUT2D eigenvalue weighted by Gasteiger charge is 2.10. The minimum Gasteiger partial charge on any atom is -0.481 e. The number of carboxylic acids is 1. The van der Waals surface area contributed by atoms with Gasteiger partial charge in [0.15, 0.2) is 6.29 Å². The molecule has 0 aliphatic rings. The summed E-state index contributed by atoms with van der Waals surface area (Å²) in [6.07, 6.45) is 30.4. The molecule has 0 bridgehead atoms. The average molecular weight is 568 g/mol. The van der Waals surface area contributed by atoms with E-state index in [2.05, 4.69) is 43.1 Å². The third-order valence-electron chi connectivity index (χ3n) is 7.14. The molecule has 0 aromatic heterocycles. The number of carboxylic acid groups (broad SMARTS) is 1. The first-order chi connectivity index (χ1) is 19.6. The van der Waals surface area contributed by atoms with Crippen molar-refractivity contribution >= 4 is 5.97 Å². The zero-order chi connectivity index (χ0) is 29.4. The van der Waals surface area contributed by atoms with Crippen molar-refractivity contribution < 1.29 is 24.5 Å². The van der Waals surface area contributed by atoms with Crippen molar-refractivity contribution in [1.82, 2.24) is 4.90 Å². The van der Waals surface area contributed by atoms with Crippen molar-refractivity contribution in [2.24, 2.45) is 0 Å². The van der Waals surface area contributed by atoms with Crippen LogP contribution in [0.4, 0.5) is 0 Å². The summed E-state index contributed by atoms with van der Waals surface area (Å²) in [7, 11) is 0. The predicted molar refractivity (Wildman–Crippen MR) is 169 cm³/mol. The fourth-order valence-corrected chi connectivity index (χ4v) is 4.74. The van der Waals surface area contributed by atoms with Crippen LogP contribution in [0.1, 0.15) is 142 Å². The van der Waals surface area contributed by atoms with E-state index in [0.29, 0.717) is 0 Å². The molecular weight excluding hydrogens is 502 g/mol. The summed E-state index contributed by atoms with van der Waals surface area (Å²) in [5.41, 5.74) is 0. The highest BCUT2D eigenvalue weighted by atomic mass is 16.7. The Morgan fingerprint density at radius 2 is 1.15 bits per heavy atom. The number of aliphatic hydroxyl groups is 1. The number of ether oxygens (including phenoxy) is 2. The molecule has 0 spiro atoms. The molecule has 0 aromatic carbocycles. The second kappa shape index (κ2) is 32.3. The van der Waals surface area contributed by atoms with Gasteiger partial charge in [-0.25, -0.2) is 0 Å². The third-order valence-corrected chi connectivity index (χ3v) is 7.14. The lowest BCUT2D eigenvalue weighted by atomic mass is 10.1. The van der Waals surface area contributed by atoms with Crippen LogP contribution >= 0.6 is 0 Å². The fraction of sp³-hybridized carbons (Fsp3) is 0.853. The first kappa shape index (κ1) is 38.8. The van der Waals surface area contributed by atoms with Gasteiger partial charge in [-0.15, -0.1) is 0 Å². The van der Waals surface area contributed by atoms with Crippen molar-refractivity contribution in [3.8, 4) is 0 Å². The van der Waals surface area contributed by atoms with Crippen molar-refractivity contribution in [1.29, 1.82) is 0 Å². The number of unbranched alkanes of at least 4 members (excludes halogenated alkanes) is 12. The monoisotopic (exact) mass is 567 g/mol. The molecule has 0 saturated carbocycles. The molecule has 0 atom stereocenters. The van der Waals surface area contributed by atoms with Crippen molar-refractivity contribution in [2.75, 3.05) is 39.5 Å². The summed E-state index contributed by atoms with van der Waals surface area (Å²) in [4.78, 5) is 13.0. The van der Waals surface area contributed by atoms with E-state index in [1.54, 1.807) is 0 Å². The van der Waals surface area contributed by atoms with Gasteiger partial charge in [-0.1, -0.05) is 76.7 Å². The third kappa shape index (κ3) is 29.8. The molecule has 6 nitrogen and oxygen atoms in total. The van der Waals surface area contributed by atoms with E-state index in [4.69, 9.17) is 14.6 Å². The number of aliphatic carboxylic acids is 1. The summed E-state index contributed by atoms with van der Waals surface area (Å²) in [6, 6.07) is 0. The Hall–Kier alpha value is -1.21. The van der Waals surface area contributed by atoms with E-state index < -0.39 is 5.97 Å². The van der Waals surface area contributed by atoms with E-state index in [0.717, 1.165) is 116 Å². The molecule has 0 aliphatic heterocycles. The van der Waals surface area contributed by atoms with Crippen LogP contribution in [0.2, 0.25) is 0 Å². The van der Waals surface area contributed by atoms with Crippen LogP contribution in [0.5, 0.6) is 0 Å². The van der Waals surface area contributed by atoms with Gasteiger partial charge in [-0.05, 0) is 96.6 Å². The van der Waals surface area contributed by atoms with Gasteiger partial charge in [0.05, 0.1) is 6.61 Å². The maximum Gasteiger partial charge on any atom is 0.303 e. The molecule has 0 fully saturated rings. The number of hydrogen-bond acceptors (Lipinski definition) is 5. The summed E-state index contributed by atoms with van der Waals surface area (Å²) < 4.78 is 12.3. The van der Waals surface area contributed by atoms with Crippen molar-refractivity contribution in [3.63, 3.8) is 0 Å². The van der Waals surface area contributed by atoms with E-state index in [1.165, 1.54) is 38.5 Å². The Morgan fingerprint density at radius 3 is 1.65 bits per heavy atom. The smallest absolute Gasteiger partial charge is 0.303 e. The number of rotatable bonds is 32. The van der Waals surface area contributed by atoms with Gasteiger partial charge in [-0.2, -0.15) is 0 Å². The van der Waals surface area contributed by atoms with E-state index in [9.17, 15) is 9.90 Å². The average Bonchev–Trinajstić information content (AvgIpc) is 2.94. The number of nitrogens with zero attached hydrogens (tertiary/aromatic N) is 1. The normalized spacial score (nSPS) is 12.1. The maximum absolute atomic E-state index is 10.6. The van der Waals surface area contributed by atoms with Crippen LogP contribution in [0, 0.1) is 0 Å². The van der Waals surface area contributed by atoms with Gasteiger partial charge < -0.3 is 24.6 Å². The second-order valence-corrected chi connectivity index (χ2v) is 11.0. The quantitative estimate of drug-likeness (QED) is 0.0481. The molecule has 40 heavy (non-hydrogen) atoms. The molecule has 0 unspecified atom stereocenters. The Bertz CT molecular complexity index is 557. The molecule has 0 heterocycles. The Kier molecular flexibility index (Phi) is 31.3. The molecule has 2 N–H and O–H groups in total. The van der Waals surface area contributed by atoms with Gasteiger partial charge in [0.1, 0.15) is 0 Å². The first-order valence-corrected chi connectivity index (χ1v) is 16.7. The Labute approximate surface area is 247 Å². The fourth-order valence-electron chi connectivity index (χ4n) is 4.74. The molecule has 6 heteroatoms. The van der Waals surface area contributed by atoms with Crippen LogP contribution < -0.4 is 0 Å². The largest absolute Gasteiger partial charge is 0.481 e. The number of carbonyl (C=O) groups is 1. The number of allylic oxidation sites excluding steroid dienone is 4. The molecule has 236 valence electrons. The van der Waals surface area contributed by atoms with Crippen LogP contribution in [-0.4, -0.2) is 66.8 Å². The lowest BCUT2D eigenvalue weighted by Gasteiger charge is -2.21. The molecule has 0 saturated heterocycles. The summed E-state index contributed by atoms with van der Waals surface area (Å²) in [6.45, 7) is 8.96. The van der Waals surface area contributed by atoms with Crippen molar-refractivity contribution in [2.45, 2.75) is 149 Å². The lowest BCUT2D eigenvalue weighted by Crippen LogP contribution is -2.29. The highest BCUT2D eigenvalue weighted by molar-refractivity contribution is 5.66. The first-order valence-electron chi connectivity index (χ1n) is 16.7. The number of hydrogen-bond donors (Lipinski definition) is 2. The minimum absolute atomic E-state index is 0.0680. The SMILES string of the molecule is CC/C=C\CCCCOC(CCCCCCCN(CCO)CCCCCCCC(=O)O)OCCCC/C=C\CC. The van der Waals surface area contributed by atoms with E-state index >= 15 is 0 Å². The zero-order valence-corrected chi connectivity index (χ0v) is 26.3. The number of aliphatic hydroxyl groups excluding tert-OH is 1. The van der Waals surface area contributed by atoms with Crippen LogP contribution in [0.25, 0.3) is 0 Å². The summed E-state index contributed by atoms with van der Waals surface area (Å²) in [5, 5.41) is 18.1. The molecule has 0 radical (unpaired) electrons. The molecule has 0 aromatic rings. The van der Waals surface area contributed by atoms with Crippen LogP contribution in [-0.2, 0) is 14.3 Å².